The molecule has 0 amide bonds. The zero-order valence-electron chi connectivity index (χ0n) is 7.01. The smallest absolute Gasteiger partial charge is 0.0566 e. The average molecular weight is 408 g/mol. The van der Waals surface area contributed by atoms with Crippen molar-refractivity contribution in [3.63, 3.8) is 0 Å². The molecule has 1 saturated heterocycles. The summed E-state index contributed by atoms with van der Waals surface area (Å²) in [5.41, 5.74) is 0.253. The molecule has 0 unspecified atom stereocenters. The molecule has 0 bridgehead atoms. The minimum Gasteiger partial charge on any atom is -0.516 e. The normalized spacial score (nSPS) is 19.7. The van der Waals surface area contributed by atoms with E-state index in [-0.39, 0.29) is 5.41 Å². The van der Waals surface area contributed by atoms with Gasteiger partial charge in [0.2, 0.25) is 0 Å². The van der Waals surface area contributed by atoms with E-state index < -0.39 is 0 Å². The number of rotatable bonds is 4. The number of hydrogen-bond acceptors (Lipinski definition) is 2. The summed E-state index contributed by atoms with van der Waals surface area (Å²) in [4.78, 5) is 0. The molecule has 1 aliphatic heterocycles. The zero-order chi connectivity index (χ0) is 7.45. The van der Waals surface area contributed by atoms with Crippen molar-refractivity contribution < 1.29 is 9.47 Å². The van der Waals surface area contributed by atoms with Gasteiger partial charge >= 0.3 is 0 Å². The molecule has 1 aliphatic rings. The molecule has 0 radical (unpaired) electrons. The Kier molecular flexibility index (Phi) is 3.28. The maximum absolute atomic E-state index is 5.23. The predicted octanol–water partition coefficient (Wildman–Crippen LogP) is 1.03. The summed E-state index contributed by atoms with van der Waals surface area (Å²) in [6.45, 7) is 10.2. The molecule has 60 valence electrons. The molecule has 2 nitrogen and oxygen atoms in total. The van der Waals surface area contributed by atoms with E-state index in [2.05, 4.69) is 6.92 Å². The molecule has 0 saturated carbocycles. The molecule has 0 aromatic heterocycles. The Balaban J connectivity index is 0.000001000. The first-order valence-corrected chi connectivity index (χ1v) is 3.46. The van der Waals surface area contributed by atoms with Crippen molar-refractivity contribution in [2.45, 2.75) is 6.92 Å². The minimum absolute atomic E-state index is 0. The summed E-state index contributed by atoms with van der Waals surface area (Å²) in [5, 5.41) is 0. The van der Waals surface area contributed by atoms with Crippen LogP contribution in [0.1, 0.15) is 6.92 Å². The van der Waals surface area contributed by atoms with Gasteiger partial charge in [0.1, 0.15) is 0 Å². The Hall–Kier alpha value is -1.34. The third-order valence-corrected chi connectivity index (χ3v) is 1.57. The van der Waals surface area contributed by atoms with Gasteiger partial charge < -0.3 is 16.1 Å². The largest absolute Gasteiger partial charge is 0.516 e. The summed E-state index contributed by atoms with van der Waals surface area (Å²) in [5.74, 6) is 0. The third kappa shape index (κ3) is 2.40. The standard InChI is InChI=1S/C8H13O2.Rf/c1-3-4-9-5-8(2)6-10-7-8;/h1,3H,4-7H2,2H3;/q-1;. The molecule has 1 heterocycles. The van der Waals surface area contributed by atoms with Crippen LogP contribution in [0.2, 0.25) is 0 Å². The Morgan fingerprint density at radius 2 is 2.27 bits per heavy atom. The summed E-state index contributed by atoms with van der Waals surface area (Å²) in [6.07, 6.45) is 1.52. The number of ether oxygens (including phenoxy) is 2. The fourth-order valence-corrected chi connectivity index (χ4v) is 0.907. The van der Waals surface area contributed by atoms with Gasteiger partial charge in [0.05, 0.1) is 19.8 Å². The van der Waals surface area contributed by atoms with Crippen molar-refractivity contribution in [2.24, 2.45) is 5.41 Å². The second kappa shape index (κ2) is 3.74. The van der Waals surface area contributed by atoms with Crippen LogP contribution >= 0.6 is 0 Å². The molecule has 0 N–H and O–H groups in total. The van der Waals surface area contributed by atoms with Crippen LogP contribution in [0, 0.1) is 12.0 Å². The molecular formula is C8H13O2Rf-. The molecule has 0 aromatic rings. The SMILES string of the molecule is [CH-]=CCOCC1(C)COC1.[Rf]. The van der Waals surface area contributed by atoms with Gasteiger partial charge in [0, 0.05) is 12.0 Å². The minimum atomic E-state index is 0. The van der Waals surface area contributed by atoms with E-state index >= 15 is 0 Å². The average Bonchev–Trinajstić information content (AvgIpc) is 1.85. The maximum Gasteiger partial charge on any atom is 0.0566 e. The van der Waals surface area contributed by atoms with Gasteiger partial charge in [-0.3, -0.25) is 0 Å². The van der Waals surface area contributed by atoms with Crippen LogP contribution in [0.15, 0.2) is 6.08 Å². The van der Waals surface area contributed by atoms with Gasteiger partial charge in [-0.05, 0) is 0 Å². The topological polar surface area (TPSA) is 18.5 Å². The Morgan fingerprint density at radius 1 is 1.64 bits per heavy atom. The van der Waals surface area contributed by atoms with Crippen molar-refractivity contribution in [3.05, 3.63) is 12.7 Å². The van der Waals surface area contributed by atoms with Crippen molar-refractivity contribution in [1.82, 2.24) is 0 Å². The molecule has 1 fully saturated rings. The van der Waals surface area contributed by atoms with Crippen LogP contribution in [0.5, 0.6) is 0 Å². The van der Waals surface area contributed by atoms with Crippen molar-refractivity contribution >= 4 is 0 Å². The first-order chi connectivity index (χ1) is 4.77. The monoisotopic (exact) mass is 408 g/mol. The Morgan fingerprint density at radius 3 is 2.64 bits per heavy atom. The van der Waals surface area contributed by atoms with Gasteiger partial charge in [-0.1, -0.05) is 6.92 Å². The van der Waals surface area contributed by atoms with E-state index in [1.807, 2.05) is 0 Å². The van der Waals surface area contributed by atoms with Gasteiger partial charge in [0.25, 0.3) is 0 Å². The quantitative estimate of drug-likeness (QED) is 0.511. The van der Waals surface area contributed by atoms with Gasteiger partial charge in [-0.25, -0.2) is 6.08 Å². The van der Waals surface area contributed by atoms with Gasteiger partial charge in [-0.2, -0.15) is 0 Å². The summed E-state index contributed by atoms with van der Waals surface area (Å²) >= 11 is 0. The molecule has 0 atom stereocenters. The van der Waals surface area contributed by atoms with E-state index in [4.69, 9.17) is 16.1 Å². The maximum atomic E-state index is 5.23. The molecule has 0 aromatic carbocycles. The van der Waals surface area contributed by atoms with Crippen LogP contribution in [0.4, 0.5) is 0 Å². The van der Waals surface area contributed by atoms with Crippen molar-refractivity contribution in [2.75, 3.05) is 26.4 Å². The van der Waals surface area contributed by atoms with E-state index in [1.165, 1.54) is 6.08 Å². The fraction of sp³-hybridized carbons (Fsp3) is 0.750. The second-order valence-electron chi connectivity index (χ2n) is 3.05. The van der Waals surface area contributed by atoms with E-state index in [9.17, 15) is 0 Å². The summed E-state index contributed by atoms with van der Waals surface area (Å²) in [6, 6.07) is 0. The number of hydrogen-bond donors (Lipinski definition) is 0. The van der Waals surface area contributed by atoms with Crippen LogP contribution in [-0.4, -0.2) is 26.4 Å². The first kappa shape index (κ1) is 9.66. The molecule has 3 heteroatoms. The molecule has 1 rings (SSSR count). The second-order valence-corrected chi connectivity index (χ2v) is 3.05. The van der Waals surface area contributed by atoms with Crippen LogP contribution < -0.4 is 0 Å². The molecule has 0 aliphatic carbocycles. The van der Waals surface area contributed by atoms with E-state index in [0.717, 1.165) is 19.8 Å². The molecular weight excluding hydrogens is 395 g/mol. The summed E-state index contributed by atoms with van der Waals surface area (Å²) < 4.78 is 10.3. The van der Waals surface area contributed by atoms with Crippen LogP contribution in [0.3, 0.4) is 0 Å². The van der Waals surface area contributed by atoms with E-state index in [0.29, 0.717) is 6.61 Å². The van der Waals surface area contributed by atoms with E-state index in [1.54, 1.807) is 0 Å². The summed E-state index contributed by atoms with van der Waals surface area (Å²) in [7, 11) is 0. The molecule has 0 spiro atoms. The fourth-order valence-electron chi connectivity index (χ4n) is 0.907. The van der Waals surface area contributed by atoms with Crippen molar-refractivity contribution in [1.29, 1.82) is 0 Å². The Bertz CT molecular complexity index is 121. The molecule has 11 heavy (non-hydrogen) atoms. The third-order valence-electron chi connectivity index (χ3n) is 1.57. The van der Waals surface area contributed by atoms with Crippen molar-refractivity contribution in [3.8, 4) is 0 Å². The first-order valence-electron chi connectivity index (χ1n) is 3.46. The van der Waals surface area contributed by atoms with Gasteiger partial charge in [-0.15, -0.1) is 0 Å². The van der Waals surface area contributed by atoms with Crippen LogP contribution in [0.25, 0.3) is 0 Å². The van der Waals surface area contributed by atoms with Crippen LogP contribution in [-0.2, 0) is 9.47 Å². The zero-order valence-corrected chi connectivity index (χ0v) is 13.4. The Labute approximate surface area is 61.8 Å². The van der Waals surface area contributed by atoms with Gasteiger partial charge in [0.15, 0.2) is 0 Å². The predicted molar refractivity (Wildman–Crippen MR) is 38.6 cm³/mol.